The average molecular weight is 343 g/mol. The van der Waals surface area contributed by atoms with Crippen LogP contribution in [0.15, 0.2) is 59.5 Å². The molecule has 2 aromatic rings. The van der Waals surface area contributed by atoms with E-state index in [2.05, 4.69) is 64.8 Å². The largest absolute Gasteiger partial charge is 0.396 e. The van der Waals surface area contributed by atoms with Gasteiger partial charge in [0.15, 0.2) is 0 Å². The molecule has 128 valence electrons. The second-order valence-corrected chi connectivity index (χ2v) is 7.36. The van der Waals surface area contributed by atoms with Gasteiger partial charge in [0.1, 0.15) is 0 Å². The molecule has 0 aromatic heterocycles. The minimum absolute atomic E-state index is 0.272. The van der Waals surface area contributed by atoms with E-state index in [4.69, 9.17) is 5.11 Å². The highest BCUT2D eigenvalue weighted by atomic mass is 32.2. The molecule has 1 aliphatic rings. The van der Waals surface area contributed by atoms with Crippen LogP contribution in [0.3, 0.4) is 0 Å². The molecule has 1 aliphatic heterocycles. The number of rotatable bonds is 7. The molecule has 0 bridgehead atoms. The third-order valence-corrected chi connectivity index (χ3v) is 5.51. The van der Waals surface area contributed by atoms with Crippen molar-refractivity contribution in [1.82, 2.24) is 0 Å². The topological polar surface area (TPSA) is 35.5 Å². The first kappa shape index (κ1) is 17.2. The monoisotopic (exact) mass is 342 g/mol. The summed E-state index contributed by atoms with van der Waals surface area (Å²) in [6.07, 6.45) is 3.19. The van der Waals surface area contributed by atoms with Gasteiger partial charge in [-0.15, -0.1) is 11.8 Å². The fourth-order valence-electron chi connectivity index (χ4n) is 3.06. The summed E-state index contributed by atoms with van der Waals surface area (Å²) in [7, 11) is 0. The van der Waals surface area contributed by atoms with Crippen molar-refractivity contribution < 1.29 is 5.11 Å². The molecular weight excluding hydrogens is 316 g/mol. The van der Waals surface area contributed by atoms with E-state index in [0.29, 0.717) is 6.04 Å². The Morgan fingerprint density at radius 1 is 1.00 bits per heavy atom. The predicted molar refractivity (Wildman–Crippen MR) is 104 cm³/mol. The Labute approximate surface area is 149 Å². The van der Waals surface area contributed by atoms with E-state index in [9.17, 15) is 0 Å². The molecule has 0 atom stereocenters. The fourth-order valence-corrected chi connectivity index (χ4v) is 3.90. The molecule has 0 unspecified atom stereocenters. The van der Waals surface area contributed by atoms with Gasteiger partial charge in [0.2, 0.25) is 0 Å². The minimum atomic E-state index is 0.272. The van der Waals surface area contributed by atoms with E-state index < -0.39 is 0 Å². The summed E-state index contributed by atoms with van der Waals surface area (Å²) in [5.41, 5.74) is 2.54. The highest BCUT2D eigenvalue weighted by molar-refractivity contribution is 7.99. The standard InChI is InChI=1S/C20H26N2OS/c23-15-4-16-24-20-9-7-17(8-10-20)21-18-11-13-22(14-12-18)19-5-2-1-3-6-19/h1-3,5-10,18,21,23H,4,11-16H2. The molecule has 1 heterocycles. The molecule has 24 heavy (non-hydrogen) atoms. The van der Waals surface area contributed by atoms with Crippen LogP contribution in [0.25, 0.3) is 0 Å². The number of benzene rings is 2. The highest BCUT2D eigenvalue weighted by Crippen LogP contribution is 2.24. The van der Waals surface area contributed by atoms with Crippen LogP contribution in [-0.4, -0.2) is 36.6 Å². The van der Waals surface area contributed by atoms with Crippen molar-refractivity contribution in [2.45, 2.75) is 30.2 Å². The van der Waals surface area contributed by atoms with Crippen LogP contribution in [0.4, 0.5) is 11.4 Å². The number of hydrogen-bond acceptors (Lipinski definition) is 4. The van der Waals surface area contributed by atoms with Gasteiger partial charge in [-0.2, -0.15) is 0 Å². The summed E-state index contributed by atoms with van der Waals surface area (Å²) >= 11 is 1.80. The first-order valence-corrected chi connectivity index (χ1v) is 9.74. The van der Waals surface area contributed by atoms with E-state index >= 15 is 0 Å². The summed E-state index contributed by atoms with van der Waals surface area (Å²) < 4.78 is 0. The van der Waals surface area contributed by atoms with Crippen LogP contribution in [0.1, 0.15) is 19.3 Å². The lowest BCUT2D eigenvalue weighted by Crippen LogP contribution is -2.39. The third-order valence-electron chi connectivity index (χ3n) is 4.41. The molecule has 3 rings (SSSR count). The summed E-state index contributed by atoms with van der Waals surface area (Å²) in [5.74, 6) is 0.973. The molecule has 0 saturated carbocycles. The number of thioether (sulfide) groups is 1. The summed E-state index contributed by atoms with van der Waals surface area (Å²) in [5, 5.41) is 12.5. The van der Waals surface area contributed by atoms with E-state index in [1.54, 1.807) is 11.8 Å². The fraction of sp³-hybridized carbons (Fsp3) is 0.400. The molecule has 3 nitrogen and oxygen atoms in total. The first-order chi connectivity index (χ1) is 11.8. The zero-order valence-corrected chi connectivity index (χ0v) is 14.8. The van der Waals surface area contributed by atoms with Crippen molar-refractivity contribution in [2.24, 2.45) is 0 Å². The van der Waals surface area contributed by atoms with Crippen molar-refractivity contribution in [1.29, 1.82) is 0 Å². The molecule has 1 fully saturated rings. The molecular formula is C20H26N2OS. The van der Waals surface area contributed by atoms with Crippen molar-refractivity contribution in [3.05, 3.63) is 54.6 Å². The van der Waals surface area contributed by atoms with Gasteiger partial charge >= 0.3 is 0 Å². The summed E-state index contributed by atoms with van der Waals surface area (Å²) in [4.78, 5) is 3.74. The molecule has 2 N–H and O–H groups in total. The Kier molecular flexibility index (Phi) is 6.44. The van der Waals surface area contributed by atoms with Crippen molar-refractivity contribution in [2.75, 3.05) is 35.7 Å². The average Bonchev–Trinajstić information content (AvgIpc) is 2.65. The molecule has 1 saturated heterocycles. The van der Waals surface area contributed by atoms with Crippen molar-refractivity contribution in [3.8, 4) is 0 Å². The molecule has 0 spiro atoms. The number of aliphatic hydroxyl groups excluding tert-OH is 1. The second-order valence-electron chi connectivity index (χ2n) is 6.19. The van der Waals surface area contributed by atoms with Crippen LogP contribution in [0.5, 0.6) is 0 Å². The number of hydrogen-bond donors (Lipinski definition) is 2. The first-order valence-electron chi connectivity index (χ1n) is 8.75. The summed E-state index contributed by atoms with van der Waals surface area (Å²) in [6, 6.07) is 19.9. The lowest BCUT2D eigenvalue weighted by Gasteiger charge is -2.34. The smallest absolute Gasteiger partial charge is 0.0439 e. The maximum atomic E-state index is 8.84. The Hall–Kier alpha value is -1.65. The van der Waals surface area contributed by atoms with Crippen LogP contribution in [0, 0.1) is 0 Å². The van der Waals surface area contributed by atoms with Crippen LogP contribution >= 0.6 is 11.8 Å². The number of aliphatic hydroxyl groups is 1. The van der Waals surface area contributed by atoms with Gasteiger partial charge in [0, 0.05) is 47.8 Å². The number of anilines is 2. The SMILES string of the molecule is OCCCSc1ccc(NC2CCN(c3ccccc3)CC2)cc1. The highest BCUT2D eigenvalue weighted by Gasteiger charge is 2.19. The van der Waals surface area contributed by atoms with E-state index in [1.165, 1.54) is 29.1 Å². The van der Waals surface area contributed by atoms with Gasteiger partial charge in [-0.05, 0) is 55.7 Å². The van der Waals surface area contributed by atoms with Gasteiger partial charge < -0.3 is 15.3 Å². The number of para-hydroxylation sites is 1. The molecule has 2 aromatic carbocycles. The Morgan fingerprint density at radius 2 is 1.71 bits per heavy atom. The lowest BCUT2D eigenvalue weighted by atomic mass is 10.0. The third kappa shape index (κ3) is 4.92. The Balaban J connectivity index is 1.46. The van der Waals surface area contributed by atoms with Gasteiger partial charge in [-0.1, -0.05) is 18.2 Å². The Morgan fingerprint density at radius 3 is 2.38 bits per heavy atom. The molecule has 4 heteroatoms. The molecule has 0 amide bonds. The van der Waals surface area contributed by atoms with Crippen LogP contribution in [-0.2, 0) is 0 Å². The number of nitrogens with zero attached hydrogens (tertiary/aromatic N) is 1. The normalized spacial score (nSPS) is 15.5. The number of nitrogens with one attached hydrogen (secondary N) is 1. The van der Waals surface area contributed by atoms with Gasteiger partial charge in [-0.3, -0.25) is 0 Å². The zero-order valence-electron chi connectivity index (χ0n) is 14.0. The maximum absolute atomic E-state index is 8.84. The zero-order chi connectivity index (χ0) is 16.6. The van der Waals surface area contributed by atoms with Crippen molar-refractivity contribution in [3.63, 3.8) is 0 Å². The van der Waals surface area contributed by atoms with E-state index in [-0.39, 0.29) is 6.61 Å². The van der Waals surface area contributed by atoms with Crippen LogP contribution < -0.4 is 10.2 Å². The minimum Gasteiger partial charge on any atom is -0.396 e. The molecule has 0 aliphatic carbocycles. The van der Waals surface area contributed by atoms with Gasteiger partial charge in [0.25, 0.3) is 0 Å². The summed E-state index contributed by atoms with van der Waals surface area (Å²) in [6.45, 7) is 2.49. The molecule has 0 radical (unpaired) electrons. The maximum Gasteiger partial charge on any atom is 0.0439 e. The Bertz CT molecular complexity index is 595. The van der Waals surface area contributed by atoms with E-state index in [0.717, 1.165) is 25.3 Å². The van der Waals surface area contributed by atoms with Crippen LogP contribution in [0.2, 0.25) is 0 Å². The number of piperidine rings is 1. The lowest BCUT2D eigenvalue weighted by molar-refractivity contribution is 0.296. The van der Waals surface area contributed by atoms with Gasteiger partial charge in [0.05, 0.1) is 0 Å². The van der Waals surface area contributed by atoms with Gasteiger partial charge in [-0.25, -0.2) is 0 Å². The quantitative estimate of drug-likeness (QED) is 0.583. The second kappa shape index (κ2) is 9.00. The van der Waals surface area contributed by atoms with E-state index in [1.807, 2.05) is 0 Å². The van der Waals surface area contributed by atoms with Crippen molar-refractivity contribution >= 4 is 23.1 Å². The predicted octanol–water partition coefficient (Wildman–Crippen LogP) is 4.24.